The highest BCUT2D eigenvalue weighted by Gasteiger charge is 2.32. The minimum absolute atomic E-state index is 0.0191. The van der Waals surface area contributed by atoms with Gasteiger partial charge in [-0.25, -0.2) is 9.97 Å². The molecule has 3 heterocycles. The molecule has 2 aromatic rings. The number of hydrogen-bond acceptors (Lipinski definition) is 7. The first-order chi connectivity index (χ1) is 10.1. The summed E-state index contributed by atoms with van der Waals surface area (Å²) in [6.45, 7) is 0.198. The number of anilines is 2. The van der Waals surface area contributed by atoms with Crippen molar-refractivity contribution in [3.05, 3.63) is 11.9 Å². The zero-order valence-electron chi connectivity index (χ0n) is 11.0. The Bertz CT molecular complexity index is 709. The molecule has 1 aliphatic rings. The van der Waals surface area contributed by atoms with E-state index < -0.39 is 0 Å². The molecule has 110 valence electrons. The van der Waals surface area contributed by atoms with Gasteiger partial charge in [0.1, 0.15) is 0 Å². The second-order valence-corrected chi connectivity index (χ2v) is 5.13. The zero-order chi connectivity index (χ0) is 15.0. The van der Waals surface area contributed by atoms with Gasteiger partial charge in [0.05, 0.1) is 18.5 Å². The monoisotopic (exact) mass is 308 g/mol. The molecular formula is C12H13ClN6O2. The molecule has 3 N–H and O–H groups in total. The van der Waals surface area contributed by atoms with E-state index in [1.807, 2.05) is 0 Å². The van der Waals surface area contributed by atoms with E-state index in [9.17, 15) is 9.90 Å². The van der Waals surface area contributed by atoms with Crippen molar-refractivity contribution < 1.29 is 9.90 Å². The van der Waals surface area contributed by atoms with Gasteiger partial charge in [0, 0.05) is 18.8 Å². The van der Waals surface area contributed by atoms with Gasteiger partial charge < -0.3 is 10.8 Å². The Hall–Kier alpha value is -2.06. The first kappa shape index (κ1) is 13.9. The van der Waals surface area contributed by atoms with Crippen molar-refractivity contribution in [2.45, 2.75) is 13.0 Å². The van der Waals surface area contributed by atoms with Gasteiger partial charge in [0.25, 0.3) is 0 Å². The van der Waals surface area contributed by atoms with E-state index in [2.05, 4.69) is 19.9 Å². The van der Waals surface area contributed by atoms with Crippen molar-refractivity contribution in [3.63, 3.8) is 0 Å². The predicted octanol–water partition coefficient (Wildman–Crippen LogP) is 0.0860. The number of halogens is 1. The number of aliphatic hydroxyl groups excluding tert-OH is 1. The number of amides is 1. The maximum atomic E-state index is 12.1. The Labute approximate surface area is 125 Å². The largest absolute Gasteiger partial charge is 0.390 e. The number of aliphatic hydroxyl groups is 1. The highest BCUT2D eigenvalue weighted by molar-refractivity contribution is 6.18. The minimum atomic E-state index is -0.259. The summed E-state index contributed by atoms with van der Waals surface area (Å²) >= 11 is 5.83. The number of rotatable bonds is 3. The molecule has 0 bridgehead atoms. The zero-order valence-corrected chi connectivity index (χ0v) is 11.8. The minimum Gasteiger partial charge on any atom is -0.390 e. The number of fused-ring (bicyclic) bond motifs is 1. The van der Waals surface area contributed by atoms with Crippen molar-refractivity contribution in [2.24, 2.45) is 5.92 Å². The fraction of sp³-hybridized carbons (Fsp3) is 0.417. The predicted molar refractivity (Wildman–Crippen MR) is 76.6 cm³/mol. The van der Waals surface area contributed by atoms with E-state index in [4.69, 9.17) is 17.3 Å². The average molecular weight is 309 g/mol. The fourth-order valence-corrected chi connectivity index (χ4v) is 2.51. The summed E-state index contributed by atoms with van der Waals surface area (Å²) < 4.78 is 0. The number of alkyl halides is 1. The van der Waals surface area contributed by atoms with Crippen LogP contribution in [-0.2, 0) is 11.4 Å². The van der Waals surface area contributed by atoms with Crippen LogP contribution in [0.25, 0.3) is 11.2 Å². The summed E-state index contributed by atoms with van der Waals surface area (Å²) in [5.74, 6) is 0.716. The van der Waals surface area contributed by atoms with Gasteiger partial charge in [0.2, 0.25) is 11.9 Å². The SMILES string of the molecule is Nc1nc(N2CC(CCl)CC2=O)c2nc(CO)cnc2n1. The lowest BCUT2D eigenvalue weighted by Crippen LogP contribution is -2.27. The van der Waals surface area contributed by atoms with Crippen LogP contribution in [0.1, 0.15) is 12.1 Å². The van der Waals surface area contributed by atoms with Crippen LogP contribution >= 0.6 is 11.6 Å². The van der Waals surface area contributed by atoms with E-state index in [1.54, 1.807) is 0 Å². The van der Waals surface area contributed by atoms with Crippen LogP contribution in [0.3, 0.4) is 0 Å². The lowest BCUT2D eigenvalue weighted by molar-refractivity contribution is -0.117. The Balaban J connectivity index is 2.14. The average Bonchev–Trinajstić information content (AvgIpc) is 2.87. The van der Waals surface area contributed by atoms with Gasteiger partial charge in [-0.05, 0) is 5.92 Å². The normalized spacial score (nSPS) is 18.7. The number of carbonyl (C=O) groups is 1. The molecule has 0 radical (unpaired) electrons. The van der Waals surface area contributed by atoms with E-state index in [1.165, 1.54) is 11.1 Å². The van der Waals surface area contributed by atoms with E-state index in [-0.39, 0.29) is 30.0 Å². The maximum Gasteiger partial charge on any atom is 0.228 e. The van der Waals surface area contributed by atoms with E-state index >= 15 is 0 Å². The third kappa shape index (κ3) is 2.47. The van der Waals surface area contributed by atoms with Crippen molar-refractivity contribution >= 4 is 40.4 Å². The molecule has 1 atom stereocenters. The summed E-state index contributed by atoms with van der Waals surface area (Å²) in [7, 11) is 0. The van der Waals surface area contributed by atoms with Gasteiger partial charge in [-0.2, -0.15) is 9.97 Å². The molecule has 8 nitrogen and oxygen atoms in total. The molecule has 2 aromatic heterocycles. The smallest absolute Gasteiger partial charge is 0.228 e. The van der Waals surface area contributed by atoms with Crippen LogP contribution in [0.5, 0.6) is 0 Å². The third-order valence-corrected chi connectivity index (χ3v) is 3.73. The summed E-state index contributed by atoms with van der Waals surface area (Å²) in [6.07, 6.45) is 1.77. The Morgan fingerprint density at radius 2 is 2.24 bits per heavy atom. The quantitative estimate of drug-likeness (QED) is 0.771. The second kappa shape index (κ2) is 5.38. The number of nitrogen functional groups attached to an aromatic ring is 1. The number of hydrogen-bond donors (Lipinski definition) is 2. The number of carbonyl (C=O) groups excluding carboxylic acids is 1. The standard InChI is InChI=1S/C12H13ClN6O2/c13-2-6-1-8(21)19(4-6)11-9-10(17-12(14)18-11)15-3-7(5-20)16-9/h3,6,20H,1-2,4-5H2,(H2,14,15,17,18). The highest BCUT2D eigenvalue weighted by Crippen LogP contribution is 2.29. The molecule has 3 rings (SSSR count). The molecule has 1 amide bonds. The molecule has 0 spiro atoms. The van der Waals surface area contributed by atoms with Crippen LogP contribution in [-0.4, -0.2) is 43.4 Å². The van der Waals surface area contributed by atoms with Gasteiger partial charge in [-0.3, -0.25) is 9.69 Å². The van der Waals surface area contributed by atoms with Gasteiger partial charge in [-0.1, -0.05) is 0 Å². The highest BCUT2D eigenvalue weighted by atomic mass is 35.5. The number of nitrogens with zero attached hydrogens (tertiary/aromatic N) is 5. The summed E-state index contributed by atoms with van der Waals surface area (Å²) in [6, 6.07) is 0. The fourth-order valence-electron chi connectivity index (χ4n) is 2.30. The van der Waals surface area contributed by atoms with Crippen LogP contribution in [0, 0.1) is 5.92 Å². The Kier molecular flexibility index (Phi) is 3.56. The molecule has 0 aromatic carbocycles. The van der Waals surface area contributed by atoms with Crippen molar-refractivity contribution in [2.75, 3.05) is 23.1 Å². The van der Waals surface area contributed by atoms with Crippen molar-refractivity contribution in [1.82, 2.24) is 19.9 Å². The first-order valence-electron chi connectivity index (χ1n) is 6.38. The number of nitrogens with two attached hydrogens (primary N) is 1. The topological polar surface area (TPSA) is 118 Å². The molecule has 1 saturated heterocycles. The Morgan fingerprint density at radius 1 is 1.43 bits per heavy atom. The summed E-state index contributed by atoms with van der Waals surface area (Å²) in [4.78, 5) is 30.1. The van der Waals surface area contributed by atoms with Crippen LogP contribution < -0.4 is 10.6 Å². The lowest BCUT2D eigenvalue weighted by atomic mass is 10.1. The van der Waals surface area contributed by atoms with Gasteiger partial charge >= 0.3 is 0 Å². The lowest BCUT2D eigenvalue weighted by Gasteiger charge is -2.16. The van der Waals surface area contributed by atoms with Crippen LogP contribution in [0.15, 0.2) is 6.20 Å². The van der Waals surface area contributed by atoms with Crippen LogP contribution in [0.4, 0.5) is 11.8 Å². The maximum absolute atomic E-state index is 12.1. The van der Waals surface area contributed by atoms with Gasteiger partial charge in [-0.15, -0.1) is 11.6 Å². The summed E-state index contributed by atoms with van der Waals surface area (Å²) in [5, 5.41) is 9.17. The van der Waals surface area contributed by atoms with E-state index in [0.29, 0.717) is 35.9 Å². The molecule has 1 unspecified atom stereocenters. The molecular weight excluding hydrogens is 296 g/mol. The number of aromatic nitrogens is 4. The third-order valence-electron chi connectivity index (χ3n) is 3.30. The molecule has 1 fully saturated rings. The molecule has 9 heteroatoms. The molecule has 0 saturated carbocycles. The molecule has 0 aliphatic carbocycles. The first-order valence-corrected chi connectivity index (χ1v) is 6.92. The van der Waals surface area contributed by atoms with Crippen molar-refractivity contribution in [1.29, 1.82) is 0 Å². The molecule has 1 aliphatic heterocycles. The molecule has 21 heavy (non-hydrogen) atoms. The summed E-state index contributed by atoms with van der Waals surface area (Å²) in [5.41, 5.74) is 6.68. The van der Waals surface area contributed by atoms with Gasteiger partial charge in [0.15, 0.2) is 17.0 Å². The van der Waals surface area contributed by atoms with Crippen LogP contribution in [0.2, 0.25) is 0 Å². The Morgan fingerprint density at radius 3 is 2.90 bits per heavy atom. The van der Waals surface area contributed by atoms with E-state index in [0.717, 1.165) is 0 Å². The second-order valence-electron chi connectivity index (χ2n) is 4.83. The van der Waals surface area contributed by atoms with Crippen molar-refractivity contribution in [3.8, 4) is 0 Å².